The minimum atomic E-state index is -4.50. The van der Waals surface area contributed by atoms with Crippen LogP contribution in [-0.4, -0.2) is 23.8 Å². The van der Waals surface area contributed by atoms with Crippen molar-refractivity contribution in [3.05, 3.63) is 136 Å². The lowest BCUT2D eigenvalue weighted by atomic mass is 9.92. The zero-order chi connectivity index (χ0) is 30.4. The van der Waals surface area contributed by atoms with Gasteiger partial charge in [-0.05, 0) is 40.5 Å². The van der Waals surface area contributed by atoms with Gasteiger partial charge in [-0.3, -0.25) is 0 Å². The molecule has 44 heavy (non-hydrogen) atoms. The van der Waals surface area contributed by atoms with Crippen molar-refractivity contribution in [3.63, 3.8) is 0 Å². The van der Waals surface area contributed by atoms with Crippen LogP contribution in [0.15, 0.2) is 108 Å². The van der Waals surface area contributed by atoms with Gasteiger partial charge in [0.1, 0.15) is 5.76 Å². The van der Waals surface area contributed by atoms with E-state index in [1.54, 1.807) is 30.7 Å². The Morgan fingerprint density at radius 1 is 0.864 bits per heavy atom. The number of benzene rings is 3. The second kappa shape index (κ2) is 13.9. The van der Waals surface area contributed by atoms with Crippen LogP contribution in [0.4, 0.5) is 13.2 Å². The number of ether oxygens (including phenoxy) is 3. The van der Waals surface area contributed by atoms with Crippen LogP contribution in [0.1, 0.15) is 51.8 Å². The van der Waals surface area contributed by atoms with Crippen molar-refractivity contribution in [1.82, 2.24) is 4.98 Å². The highest BCUT2D eigenvalue weighted by atomic mass is 32.1. The van der Waals surface area contributed by atoms with Crippen LogP contribution in [0.5, 0.6) is 0 Å². The van der Waals surface area contributed by atoms with Gasteiger partial charge in [0.05, 0.1) is 59.8 Å². The Labute approximate surface area is 258 Å². The molecule has 0 amide bonds. The molecule has 1 fully saturated rings. The quantitative estimate of drug-likeness (QED) is 0.148. The molecule has 9 heteroatoms. The smallest absolute Gasteiger partial charge is 0.416 e. The van der Waals surface area contributed by atoms with Crippen molar-refractivity contribution in [2.24, 2.45) is 0 Å². The number of furan rings is 1. The Bertz CT molecular complexity index is 1610. The average molecular weight is 620 g/mol. The first-order valence-corrected chi connectivity index (χ1v) is 15.3. The third kappa shape index (κ3) is 7.84. The van der Waals surface area contributed by atoms with Gasteiger partial charge in [-0.2, -0.15) is 13.2 Å². The summed E-state index contributed by atoms with van der Waals surface area (Å²) in [7, 11) is 0. The van der Waals surface area contributed by atoms with Crippen molar-refractivity contribution >= 4 is 11.3 Å². The fraction of sp³-hybridized carbons (Fsp3) is 0.286. The molecule has 1 aliphatic rings. The number of alkyl halides is 3. The molecule has 0 radical (unpaired) electrons. The summed E-state index contributed by atoms with van der Waals surface area (Å²) < 4.78 is 66.6. The van der Waals surface area contributed by atoms with Gasteiger partial charge >= 0.3 is 6.18 Å². The number of hydrogen-bond donors (Lipinski definition) is 0. The van der Waals surface area contributed by atoms with E-state index in [4.69, 9.17) is 18.6 Å². The van der Waals surface area contributed by atoms with Gasteiger partial charge in [0.25, 0.3) is 0 Å². The van der Waals surface area contributed by atoms with Crippen LogP contribution in [0, 0.1) is 0 Å². The number of halogens is 3. The lowest BCUT2D eigenvalue weighted by molar-refractivity contribution is -0.143. The van der Waals surface area contributed by atoms with Gasteiger partial charge in [0, 0.05) is 25.5 Å². The summed E-state index contributed by atoms with van der Waals surface area (Å²) in [6, 6.07) is 27.7. The van der Waals surface area contributed by atoms with Crippen LogP contribution in [0.3, 0.4) is 0 Å². The molecule has 5 nitrogen and oxygen atoms in total. The Morgan fingerprint density at radius 3 is 2.32 bits per heavy atom. The zero-order valence-corrected chi connectivity index (χ0v) is 24.7. The summed E-state index contributed by atoms with van der Waals surface area (Å²) in [6.07, 6.45) is -1.01. The maximum Gasteiger partial charge on any atom is 0.416 e. The summed E-state index contributed by atoms with van der Waals surface area (Å²) in [5, 5.41) is 0.569. The molecule has 3 aromatic carbocycles. The minimum Gasteiger partial charge on any atom is -0.463 e. The highest BCUT2D eigenvalue weighted by Gasteiger charge is 2.36. The monoisotopic (exact) mass is 619 g/mol. The molecule has 6 rings (SSSR count). The normalized spacial score (nSPS) is 18.8. The molecular formula is C35H32F3NO4S. The highest BCUT2D eigenvalue weighted by molar-refractivity contribution is 7.15. The van der Waals surface area contributed by atoms with Gasteiger partial charge in [-0.1, -0.05) is 72.8 Å². The van der Waals surface area contributed by atoms with Crippen molar-refractivity contribution in [2.75, 3.05) is 6.61 Å². The molecule has 0 bridgehead atoms. The molecule has 2 aromatic heterocycles. The summed E-state index contributed by atoms with van der Waals surface area (Å²) in [6.45, 7) is 1.23. The summed E-state index contributed by atoms with van der Waals surface area (Å²) in [5.74, 6) is 0.635. The molecule has 0 N–H and O–H groups in total. The van der Waals surface area contributed by atoms with Crippen molar-refractivity contribution in [3.8, 4) is 10.6 Å². The topological polar surface area (TPSA) is 53.7 Å². The fourth-order valence-corrected chi connectivity index (χ4v) is 6.33. The molecule has 1 saturated heterocycles. The van der Waals surface area contributed by atoms with Crippen LogP contribution in [-0.2, 0) is 40.0 Å². The first kappa shape index (κ1) is 30.3. The average Bonchev–Trinajstić information content (AvgIpc) is 3.73. The lowest BCUT2D eigenvalue weighted by Gasteiger charge is -2.36. The number of aromatic nitrogens is 1. The van der Waals surface area contributed by atoms with E-state index in [2.05, 4.69) is 4.98 Å². The van der Waals surface area contributed by atoms with Gasteiger partial charge in [-0.15, -0.1) is 11.3 Å². The molecular weight excluding hydrogens is 587 g/mol. The molecule has 0 aliphatic carbocycles. The second-order valence-electron chi connectivity index (χ2n) is 10.8. The number of rotatable bonds is 11. The zero-order valence-electron chi connectivity index (χ0n) is 23.9. The fourth-order valence-electron chi connectivity index (χ4n) is 5.42. The Morgan fingerprint density at radius 2 is 1.61 bits per heavy atom. The highest BCUT2D eigenvalue weighted by Crippen LogP contribution is 2.39. The van der Waals surface area contributed by atoms with Crippen LogP contribution < -0.4 is 0 Å². The molecule has 1 aliphatic heterocycles. The predicted molar refractivity (Wildman–Crippen MR) is 162 cm³/mol. The van der Waals surface area contributed by atoms with E-state index < -0.39 is 17.8 Å². The molecule has 228 valence electrons. The summed E-state index contributed by atoms with van der Waals surface area (Å²) in [5.41, 5.74) is 2.27. The van der Waals surface area contributed by atoms with E-state index in [9.17, 15) is 13.2 Å². The van der Waals surface area contributed by atoms with Gasteiger partial charge in [-0.25, -0.2) is 4.98 Å². The number of nitrogens with zero attached hydrogens (tertiary/aromatic N) is 1. The molecule has 3 unspecified atom stereocenters. The van der Waals surface area contributed by atoms with E-state index in [1.165, 1.54) is 17.4 Å². The predicted octanol–water partition coefficient (Wildman–Crippen LogP) is 9.04. The summed E-state index contributed by atoms with van der Waals surface area (Å²) in [4.78, 5) is 5.16. The second-order valence-corrected chi connectivity index (χ2v) is 11.9. The maximum atomic E-state index is 14.1. The standard InChI is InChI=1S/C35H32F3NO4S/c36-35(37,38)30-14-13-26(16-27(30)17-34-39-20-33(44-34)31-12-7-15-41-31)32-19-28(42-22-25-10-5-2-6-11-25)18-29(43-32)23-40-21-24-8-3-1-4-9-24/h1-16,20,28-29,32H,17-19,21-23H2. The largest absolute Gasteiger partial charge is 0.463 e. The van der Waals surface area contributed by atoms with E-state index in [1.807, 2.05) is 60.7 Å². The number of hydrogen-bond acceptors (Lipinski definition) is 6. The van der Waals surface area contributed by atoms with E-state index in [-0.39, 0.29) is 24.2 Å². The minimum absolute atomic E-state index is 0.0400. The Hall–Kier alpha value is -3.76. The molecule has 0 saturated carbocycles. The van der Waals surface area contributed by atoms with Gasteiger partial charge in [0.2, 0.25) is 0 Å². The Kier molecular flexibility index (Phi) is 9.57. The van der Waals surface area contributed by atoms with E-state index in [0.717, 1.165) is 22.1 Å². The molecule has 3 atom stereocenters. The Balaban J connectivity index is 1.22. The van der Waals surface area contributed by atoms with Gasteiger partial charge < -0.3 is 18.6 Å². The van der Waals surface area contributed by atoms with Crippen LogP contribution in [0.2, 0.25) is 0 Å². The first-order valence-electron chi connectivity index (χ1n) is 14.5. The van der Waals surface area contributed by atoms with Crippen LogP contribution in [0.25, 0.3) is 10.6 Å². The first-order chi connectivity index (χ1) is 21.4. The molecule has 0 spiro atoms. The summed E-state index contributed by atoms with van der Waals surface area (Å²) >= 11 is 1.32. The lowest BCUT2D eigenvalue weighted by Crippen LogP contribution is -2.35. The van der Waals surface area contributed by atoms with Crippen LogP contribution >= 0.6 is 11.3 Å². The van der Waals surface area contributed by atoms with Crippen molar-refractivity contribution < 1.29 is 31.8 Å². The van der Waals surface area contributed by atoms with E-state index in [0.29, 0.717) is 49.0 Å². The third-order valence-corrected chi connectivity index (χ3v) is 8.58. The molecule has 5 aromatic rings. The van der Waals surface area contributed by atoms with Gasteiger partial charge in [0.15, 0.2) is 0 Å². The SMILES string of the molecule is FC(F)(F)c1ccc(C2CC(OCc3ccccc3)CC(COCc3ccccc3)O2)cc1Cc1ncc(-c2ccco2)s1. The van der Waals surface area contributed by atoms with E-state index >= 15 is 0 Å². The molecule has 3 heterocycles. The van der Waals surface area contributed by atoms with Crippen molar-refractivity contribution in [2.45, 2.75) is 57.0 Å². The third-order valence-electron chi connectivity index (χ3n) is 7.57. The number of thiazole rings is 1. The van der Waals surface area contributed by atoms with Crippen molar-refractivity contribution in [1.29, 1.82) is 0 Å². The maximum absolute atomic E-state index is 14.1.